The van der Waals surface area contributed by atoms with Gasteiger partial charge < -0.3 is 15.1 Å². The second-order valence-electron chi connectivity index (χ2n) is 6.35. The van der Waals surface area contributed by atoms with Gasteiger partial charge in [0.2, 0.25) is 0 Å². The molecule has 0 radical (unpaired) electrons. The largest absolute Gasteiger partial charge is 0.333 e. The summed E-state index contributed by atoms with van der Waals surface area (Å²) in [6.45, 7) is 7.13. The number of urea groups is 1. The second kappa shape index (κ2) is 8.70. The lowest BCUT2D eigenvalue weighted by Crippen LogP contribution is -2.64. The summed E-state index contributed by atoms with van der Waals surface area (Å²) in [7, 11) is 1.69. The van der Waals surface area contributed by atoms with Crippen molar-refractivity contribution in [1.29, 1.82) is 0 Å². The van der Waals surface area contributed by atoms with E-state index in [9.17, 15) is 9.59 Å². The molecular weight excluding hydrogens is 306 g/mol. The van der Waals surface area contributed by atoms with Crippen LogP contribution >= 0.6 is 0 Å². The lowest BCUT2D eigenvalue weighted by atomic mass is 10.1. The van der Waals surface area contributed by atoms with Crippen LogP contribution in [0.1, 0.15) is 45.4 Å². The molecule has 0 aliphatic carbocycles. The molecule has 0 aromatic heterocycles. The maximum atomic E-state index is 12.3. The van der Waals surface area contributed by atoms with E-state index in [-0.39, 0.29) is 18.1 Å². The molecule has 2 atom stereocenters. The van der Waals surface area contributed by atoms with E-state index in [2.05, 4.69) is 29.1 Å². The second-order valence-corrected chi connectivity index (χ2v) is 6.35. The van der Waals surface area contributed by atoms with Crippen molar-refractivity contribution in [2.75, 3.05) is 20.1 Å². The molecule has 2 rings (SSSR count). The fraction of sp³-hybridized carbons (Fsp3) is 0.706. The van der Waals surface area contributed by atoms with E-state index in [1.54, 1.807) is 13.1 Å². The molecule has 2 aliphatic rings. The predicted molar refractivity (Wildman–Crippen MR) is 94.6 cm³/mol. The Balaban J connectivity index is 2.02. The number of rotatable bonds is 9. The Morgan fingerprint density at radius 2 is 1.92 bits per heavy atom. The van der Waals surface area contributed by atoms with Gasteiger partial charge in [-0.2, -0.15) is 0 Å². The number of fused-ring (bicyclic) bond motifs is 1. The van der Waals surface area contributed by atoms with Crippen molar-refractivity contribution < 1.29 is 9.59 Å². The number of hydrogen-bond acceptors (Lipinski definition) is 3. The third-order valence-corrected chi connectivity index (χ3v) is 4.54. The number of nitrogens with zero attached hydrogens (tertiary/aromatic N) is 3. The lowest BCUT2D eigenvalue weighted by molar-refractivity contribution is -0.127. The van der Waals surface area contributed by atoms with Crippen LogP contribution in [0, 0.1) is 0 Å². The summed E-state index contributed by atoms with van der Waals surface area (Å²) in [4.78, 5) is 32.1. The first-order valence-corrected chi connectivity index (χ1v) is 8.86. The molecule has 3 amide bonds. The van der Waals surface area contributed by atoms with Gasteiger partial charge in [0, 0.05) is 13.6 Å². The van der Waals surface area contributed by atoms with Crippen molar-refractivity contribution in [1.82, 2.24) is 20.4 Å². The van der Waals surface area contributed by atoms with E-state index in [1.807, 2.05) is 4.90 Å². The van der Waals surface area contributed by atoms with E-state index in [0.29, 0.717) is 12.5 Å². The number of hydrogen-bond donors (Lipinski definition) is 2. The smallest absolute Gasteiger partial charge is 0.325 e. The zero-order valence-electron chi connectivity index (χ0n) is 14.8. The first kappa shape index (κ1) is 18.3. The van der Waals surface area contributed by atoms with Crippen LogP contribution < -0.4 is 10.6 Å². The minimum Gasteiger partial charge on any atom is -0.333 e. The van der Waals surface area contributed by atoms with Crippen molar-refractivity contribution in [3.05, 3.63) is 12.7 Å². The van der Waals surface area contributed by atoms with Crippen LogP contribution in [0.2, 0.25) is 0 Å². The first-order valence-electron chi connectivity index (χ1n) is 8.86. The molecule has 0 saturated carbocycles. The predicted octanol–water partition coefficient (Wildman–Crippen LogP) is 1.67. The van der Waals surface area contributed by atoms with Crippen LogP contribution in [0.25, 0.3) is 0 Å². The highest BCUT2D eigenvalue weighted by Crippen LogP contribution is 2.21. The summed E-state index contributed by atoms with van der Waals surface area (Å²) in [6, 6.07) is -0.801. The highest BCUT2D eigenvalue weighted by molar-refractivity contribution is 6.04. The number of carbonyl (C=O) groups excluding carboxylic acids is 2. The van der Waals surface area contributed by atoms with Gasteiger partial charge in [-0.05, 0) is 6.42 Å². The fourth-order valence-corrected chi connectivity index (χ4v) is 3.18. The Morgan fingerprint density at radius 1 is 1.21 bits per heavy atom. The van der Waals surface area contributed by atoms with Crippen LogP contribution in [0.15, 0.2) is 17.6 Å². The van der Waals surface area contributed by atoms with Crippen LogP contribution in [-0.2, 0) is 4.79 Å². The zero-order valence-corrected chi connectivity index (χ0v) is 14.8. The highest BCUT2D eigenvalue weighted by atomic mass is 16.2. The molecular formula is C17H29N5O2. The summed E-state index contributed by atoms with van der Waals surface area (Å²) in [5.74, 6) is 0.417. The minimum absolute atomic E-state index is 0.259. The Morgan fingerprint density at radius 3 is 2.62 bits per heavy atom. The Bertz CT molecular complexity index is 505. The summed E-state index contributed by atoms with van der Waals surface area (Å²) in [5, 5.41) is 5.64. The van der Waals surface area contributed by atoms with Crippen LogP contribution in [0.4, 0.5) is 4.79 Å². The normalized spacial score (nSPS) is 24.8. The molecule has 0 bridgehead atoms. The van der Waals surface area contributed by atoms with E-state index >= 15 is 0 Å². The molecule has 0 spiro atoms. The molecule has 7 heteroatoms. The number of imide groups is 1. The standard InChI is InChI=1S/C17H29N5O2/c1-4-6-7-8-9-10-12-22-13-14(19-16(22)18-11-5-2)21(3)17(24)20-15(13)23/h5,13-14H,2,4,6-12H2,1,3H3,(H,18,19)(H,20,23,24). The molecule has 0 aromatic rings. The van der Waals surface area contributed by atoms with Crippen LogP contribution in [0.5, 0.6) is 0 Å². The molecule has 2 fully saturated rings. The number of likely N-dealkylation sites (N-methyl/N-ethyl adjacent to an activating group) is 1. The first-order chi connectivity index (χ1) is 11.6. The lowest BCUT2D eigenvalue weighted by Gasteiger charge is -2.35. The third-order valence-electron chi connectivity index (χ3n) is 4.54. The quantitative estimate of drug-likeness (QED) is 0.496. The Kier molecular flexibility index (Phi) is 6.63. The summed E-state index contributed by atoms with van der Waals surface area (Å²) < 4.78 is 0. The average molecular weight is 335 g/mol. The Labute approximate surface area is 144 Å². The fourth-order valence-electron chi connectivity index (χ4n) is 3.18. The maximum absolute atomic E-state index is 12.3. The van der Waals surface area contributed by atoms with Gasteiger partial charge >= 0.3 is 6.03 Å². The molecule has 2 aliphatic heterocycles. The van der Waals surface area contributed by atoms with Crippen LogP contribution in [0.3, 0.4) is 0 Å². The van der Waals surface area contributed by atoms with Gasteiger partial charge in [-0.3, -0.25) is 10.1 Å². The molecule has 2 saturated heterocycles. The van der Waals surface area contributed by atoms with E-state index < -0.39 is 6.04 Å². The average Bonchev–Trinajstić information content (AvgIpc) is 2.93. The summed E-state index contributed by atoms with van der Waals surface area (Å²) in [5.41, 5.74) is 0. The van der Waals surface area contributed by atoms with Gasteiger partial charge in [0.15, 0.2) is 12.0 Å². The van der Waals surface area contributed by atoms with Crippen molar-refractivity contribution in [3.63, 3.8) is 0 Å². The van der Waals surface area contributed by atoms with Gasteiger partial charge in [0.05, 0.1) is 6.54 Å². The zero-order chi connectivity index (χ0) is 17.5. The van der Waals surface area contributed by atoms with E-state index in [4.69, 9.17) is 0 Å². The van der Waals surface area contributed by atoms with Gasteiger partial charge in [0.25, 0.3) is 5.91 Å². The summed E-state index contributed by atoms with van der Waals surface area (Å²) in [6.07, 6.45) is 8.48. The third kappa shape index (κ3) is 4.07. The van der Waals surface area contributed by atoms with Gasteiger partial charge in [-0.25, -0.2) is 9.79 Å². The van der Waals surface area contributed by atoms with Gasteiger partial charge in [-0.15, -0.1) is 6.58 Å². The highest BCUT2D eigenvalue weighted by Gasteiger charge is 2.49. The van der Waals surface area contributed by atoms with Gasteiger partial charge in [-0.1, -0.05) is 45.1 Å². The molecule has 24 heavy (non-hydrogen) atoms. The molecule has 0 aromatic carbocycles. The molecule has 134 valence electrons. The van der Waals surface area contributed by atoms with Crippen molar-refractivity contribution in [2.45, 2.75) is 57.7 Å². The van der Waals surface area contributed by atoms with Crippen molar-refractivity contribution >= 4 is 17.9 Å². The minimum atomic E-state index is -0.424. The van der Waals surface area contributed by atoms with Crippen LogP contribution in [-0.4, -0.2) is 60.0 Å². The number of carbonyl (C=O) groups is 2. The number of aliphatic imine (C=N–C) groups is 1. The molecule has 7 nitrogen and oxygen atoms in total. The van der Waals surface area contributed by atoms with Gasteiger partial charge in [0.1, 0.15) is 6.17 Å². The SMILES string of the molecule is C=CCN=C1NC2C(C(=O)NC(=O)N2C)N1CCCCCCCC. The van der Waals surface area contributed by atoms with E-state index in [0.717, 1.165) is 19.4 Å². The van der Waals surface area contributed by atoms with E-state index in [1.165, 1.54) is 30.6 Å². The number of nitrogens with one attached hydrogen (secondary N) is 2. The number of guanidine groups is 1. The molecule has 2 unspecified atom stereocenters. The van der Waals surface area contributed by atoms with Crippen molar-refractivity contribution in [3.8, 4) is 0 Å². The molecule has 2 heterocycles. The summed E-state index contributed by atoms with van der Waals surface area (Å²) >= 11 is 0. The molecule has 2 N–H and O–H groups in total. The van der Waals surface area contributed by atoms with Crippen molar-refractivity contribution in [2.24, 2.45) is 4.99 Å². The Hall–Kier alpha value is -2.05. The topological polar surface area (TPSA) is 77.0 Å². The maximum Gasteiger partial charge on any atom is 0.325 e. The monoisotopic (exact) mass is 335 g/mol. The number of unbranched alkanes of at least 4 members (excludes halogenated alkanes) is 5. The number of amides is 3.